The Hall–Kier alpha value is -3.68. The highest BCUT2D eigenvalue weighted by molar-refractivity contribution is 5.98. The molecular weight excluding hydrogens is 386 g/mol. The first-order valence-corrected chi connectivity index (χ1v) is 9.68. The maximum Gasteiger partial charge on any atom is 0.325 e. The first-order valence-electron chi connectivity index (χ1n) is 9.68. The third-order valence-corrected chi connectivity index (χ3v) is 4.60. The van der Waals surface area contributed by atoms with E-state index >= 15 is 0 Å². The van der Waals surface area contributed by atoms with Crippen molar-refractivity contribution in [3.63, 3.8) is 0 Å². The van der Waals surface area contributed by atoms with Crippen molar-refractivity contribution in [1.82, 2.24) is 10.6 Å². The SMILES string of the molecule is O=C(COC(=O)CNC(=O)c1ccc(N2CCCC2=O)cc1)NCc1ccccc1. The van der Waals surface area contributed by atoms with Crippen molar-refractivity contribution in [3.8, 4) is 0 Å². The topological polar surface area (TPSA) is 105 Å². The quantitative estimate of drug-likeness (QED) is 0.642. The average molecular weight is 409 g/mol. The molecule has 0 aliphatic carbocycles. The molecule has 0 bridgehead atoms. The van der Waals surface area contributed by atoms with E-state index in [4.69, 9.17) is 4.74 Å². The summed E-state index contributed by atoms with van der Waals surface area (Å²) in [7, 11) is 0. The summed E-state index contributed by atoms with van der Waals surface area (Å²) in [6.45, 7) is 0.249. The smallest absolute Gasteiger partial charge is 0.325 e. The highest BCUT2D eigenvalue weighted by atomic mass is 16.5. The van der Waals surface area contributed by atoms with E-state index in [1.807, 2.05) is 30.3 Å². The van der Waals surface area contributed by atoms with Crippen LogP contribution in [-0.4, -0.2) is 43.4 Å². The van der Waals surface area contributed by atoms with Crippen LogP contribution in [0, 0.1) is 0 Å². The predicted octanol–water partition coefficient (Wildman–Crippen LogP) is 1.40. The van der Waals surface area contributed by atoms with Gasteiger partial charge in [-0.05, 0) is 36.2 Å². The number of esters is 1. The number of carbonyl (C=O) groups excluding carboxylic acids is 4. The second-order valence-electron chi connectivity index (χ2n) is 6.80. The number of amides is 3. The summed E-state index contributed by atoms with van der Waals surface area (Å²) in [5, 5.41) is 5.10. The molecule has 156 valence electrons. The van der Waals surface area contributed by atoms with Gasteiger partial charge < -0.3 is 20.3 Å². The van der Waals surface area contributed by atoms with E-state index in [1.165, 1.54) is 0 Å². The van der Waals surface area contributed by atoms with Crippen LogP contribution in [-0.2, 0) is 25.7 Å². The monoisotopic (exact) mass is 409 g/mol. The summed E-state index contributed by atoms with van der Waals surface area (Å²) < 4.78 is 4.87. The second kappa shape index (κ2) is 10.2. The van der Waals surface area contributed by atoms with Crippen LogP contribution in [0.2, 0.25) is 0 Å². The van der Waals surface area contributed by atoms with Crippen LogP contribution in [0.1, 0.15) is 28.8 Å². The molecule has 1 fully saturated rings. The molecule has 1 heterocycles. The maximum absolute atomic E-state index is 12.2. The molecule has 0 saturated carbocycles. The largest absolute Gasteiger partial charge is 0.454 e. The summed E-state index contributed by atoms with van der Waals surface area (Å²) in [4.78, 5) is 49.1. The minimum atomic E-state index is -0.711. The van der Waals surface area contributed by atoms with Crippen molar-refractivity contribution in [2.24, 2.45) is 0 Å². The molecule has 3 amide bonds. The molecule has 0 atom stereocenters. The van der Waals surface area contributed by atoms with Crippen LogP contribution < -0.4 is 15.5 Å². The maximum atomic E-state index is 12.2. The van der Waals surface area contributed by atoms with Crippen molar-refractivity contribution in [3.05, 3.63) is 65.7 Å². The first kappa shape index (κ1) is 21.0. The van der Waals surface area contributed by atoms with Crippen LogP contribution in [0.15, 0.2) is 54.6 Å². The normalized spacial score (nSPS) is 13.1. The molecule has 3 rings (SSSR count). The van der Waals surface area contributed by atoms with Gasteiger partial charge in [-0.1, -0.05) is 30.3 Å². The molecule has 0 radical (unpaired) electrons. The van der Waals surface area contributed by atoms with Crippen LogP contribution in [0.4, 0.5) is 5.69 Å². The van der Waals surface area contributed by atoms with E-state index in [0.717, 1.165) is 17.7 Å². The standard InChI is InChI=1S/C22H23N3O5/c26-19(23-13-16-5-2-1-3-6-16)15-30-21(28)14-24-22(29)17-8-10-18(11-9-17)25-12-4-7-20(25)27/h1-3,5-6,8-11H,4,7,12-15H2,(H,23,26)(H,24,29). The third-order valence-electron chi connectivity index (χ3n) is 4.60. The zero-order valence-electron chi connectivity index (χ0n) is 16.4. The van der Waals surface area contributed by atoms with Gasteiger partial charge in [0.25, 0.3) is 11.8 Å². The summed E-state index contributed by atoms with van der Waals surface area (Å²) in [5.74, 6) is -1.51. The highest BCUT2D eigenvalue weighted by Gasteiger charge is 2.21. The Labute approximate surface area is 174 Å². The lowest BCUT2D eigenvalue weighted by molar-refractivity contribution is -0.147. The van der Waals surface area contributed by atoms with Crippen molar-refractivity contribution in [1.29, 1.82) is 0 Å². The summed E-state index contributed by atoms with van der Waals surface area (Å²) in [5.41, 5.74) is 2.04. The fourth-order valence-corrected chi connectivity index (χ4v) is 3.01. The Kier molecular flexibility index (Phi) is 7.15. The lowest BCUT2D eigenvalue weighted by Crippen LogP contribution is -2.33. The van der Waals surface area contributed by atoms with Gasteiger partial charge >= 0.3 is 5.97 Å². The molecule has 2 N–H and O–H groups in total. The minimum absolute atomic E-state index is 0.0720. The summed E-state index contributed by atoms with van der Waals surface area (Å²) in [6, 6.07) is 15.9. The molecule has 1 saturated heterocycles. The van der Waals surface area contributed by atoms with E-state index in [-0.39, 0.29) is 12.5 Å². The van der Waals surface area contributed by atoms with Gasteiger partial charge in [-0.3, -0.25) is 19.2 Å². The Morgan fingerprint density at radius 3 is 2.37 bits per heavy atom. The van der Waals surface area contributed by atoms with Crippen molar-refractivity contribution < 1.29 is 23.9 Å². The van der Waals surface area contributed by atoms with E-state index in [0.29, 0.717) is 25.1 Å². The van der Waals surface area contributed by atoms with Gasteiger partial charge in [0.05, 0.1) is 0 Å². The summed E-state index contributed by atoms with van der Waals surface area (Å²) >= 11 is 0. The van der Waals surface area contributed by atoms with Gasteiger partial charge in [0.2, 0.25) is 5.91 Å². The van der Waals surface area contributed by atoms with E-state index in [9.17, 15) is 19.2 Å². The molecule has 30 heavy (non-hydrogen) atoms. The number of hydrogen-bond acceptors (Lipinski definition) is 5. The zero-order valence-corrected chi connectivity index (χ0v) is 16.4. The average Bonchev–Trinajstić information content (AvgIpc) is 3.21. The fourth-order valence-electron chi connectivity index (χ4n) is 3.01. The number of carbonyl (C=O) groups is 4. The number of rotatable bonds is 8. The fraction of sp³-hybridized carbons (Fsp3) is 0.273. The van der Waals surface area contributed by atoms with Crippen molar-refractivity contribution in [2.45, 2.75) is 19.4 Å². The van der Waals surface area contributed by atoms with Crippen molar-refractivity contribution >= 4 is 29.4 Å². The van der Waals surface area contributed by atoms with E-state index in [1.54, 1.807) is 29.2 Å². The highest BCUT2D eigenvalue weighted by Crippen LogP contribution is 2.21. The number of ether oxygens (including phenoxy) is 1. The second-order valence-corrected chi connectivity index (χ2v) is 6.80. The van der Waals surface area contributed by atoms with Gasteiger partial charge in [0, 0.05) is 30.8 Å². The predicted molar refractivity (Wildman–Crippen MR) is 110 cm³/mol. The number of hydrogen-bond donors (Lipinski definition) is 2. The molecule has 2 aromatic rings. The molecule has 0 unspecified atom stereocenters. The lowest BCUT2D eigenvalue weighted by Gasteiger charge is -2.15. The lowest BCUT2D eigenvalue weighted by atomic mass is 10.2. The summed E-state index contributed by atoms with van der Waals surface area (Å²) in [6.07, 6.45) is 1.36. The van der Waals surface area contributed by atoms with E-state index in [2.05, 4.69) is 10.6 Å². The van der Waals surface area contributed by atoms with Gasteiger partial charge in [-0.2, -0.15) is 0 Å². The number of anilines is 1. The van der Waals surface area contributed by atoms with E-state index < -0.39 is 24.4 Å². The molecular formula is C22H23N3O5. The van der Waals surface area contributed by atoms with Crippen molar-refractivity contribution in [2.75, 3.05) is 24.6 Å². The molecule has 0 aromatic heterocycles. The molecule has 8 nitrogen and oxygen atoms in total. The van der Waals surface area contributed by atoms with Crippen LogP contribution >= 0.6 is 0 Å². The number of benzene rings is 2. The van der Waals surface area contributed by atoms with Gasteiger partial charge in [0.15, 0.2) is 6.61 Å². The Bertz CT molecular complexity index is 912. The molecule has 0 spiro atoms. The Balaban J connectivity index is 1.37. The Morgan fingerprint density at radius 2 is 1.70 bits per heavy atom. The minimum Gasteiger partial charge on any atom is -0.454 e. The van der Waals surface area contributed by atoms with Gasteiger partial charge in [-0.15, -0.1) is 0 Å². The molecule has 1 aliphatic rings. The van der Waals surface area contributed by atoms with Crippen LogP contribution in [0.3, 0.4) is 0 Å². The van der Waals surface area contributed by atoms with Crippen LogP contribution in [0.25, 0.3) is 0 Å². The molecule has 8 heteroatoms. The Morgan fingerprint density at radius 1 is 0.967 bits per heavy atom. The molecule has 2 aromatic carbocycles. The first-order chi connectivity index (χ1) is 14.5. The molecule has 1 aliphatic heterocycles. The zero-order chi connectivity index (χ0) is 21.3. The third kappa shape index (κ3) is 5.91. The number of nitrogens with one attached hydrogen (secondary N) is 2. The number of nitrogens with zero attached hydrogens (tertiary/aromatic N) is 1. The van der Waals surface area contributed by atoms with Gasteiger partial charge in [0.1, 0.15) is 6.54 Å². The van der Waals surface area contributed by atoms with Crippen LogP contribution in [0.5, 0.6) is 0 Å². The van der Waals surface area contributed by atoms with Gasteiger partial charge in [-0.25, -0.2) is 0 Å².